The Morgan fingerprint density at radius 3 is 1.71 bits per heavy atom. The Kier molecular flexibility index (Phi) is 10.5. The number of rotatable bonds is 9. The van der Waals surface area contributed by atoms with E-state index in [1.165, 1.54) is 62.1 Å². The Morgan fingerprint density at radius 1 is 0.559 bits per heavy atom. The fourth-order valence-electron chi connectivity index (χ4n) is 3.84. The van der Waals surface area contributed by atoms with Gasteiger partial charge in [0, 0.05) is 16.7 Å². The lowest BCUT2D eigenvalue weighted by atomic mass is 10.0. The average Bonchev–Trinajstić information content (AvgIpc) is 2.87. The lowest BCUT2D eigenvalue weighted by Gasteiger charge is -2.02. The Hall–Kier alpha value is -3.29. The van der Waals surface area contributed by atoms with E-state index >= 15 is 0 Å². The van der Waals surface area contributed by atoms with Gasteiger partial charge in [0.25, 0.3) is 0 Å². The normalized spacial score (nSPS) is 10.2. The van der Waals surface area contributed by atoms with E-state index in [1.807, 2.05) is 30.3 Å². The highest BCUT2D eigenvalue weighted by atomic mass is 19.1. The average molecular weight is 451 g/mol. The molecule has 174 valence electrons. The van der Waals surface area contributed by atoms with E-state index in [-0.39, 0.29) is 5.82 Å². The minimum absolute atomic E-state index is 0.337. The highest BCUT2D eigenvalue weighted by Gasteiger charge is 2.00. The van der Waals surface area contributed by atoms with Crippen LogP contribution in [-0.2, 0) is 12.8 Å². The van der Waals surface area contributed by atoms with Crippen molar-refractivity contribution in [2.45, 2.75) is 71.6 Å². The molecule has 0 N–H and O–H groups in total. The molecule has 0 saturated heterocycles. The van der Waals surface area contributed by atoms with Crippen LogP contribution in [0.4, 0.5) is 4.39 Å². The summed E-state index contributed by atoms with van der Waals surface area (Å²) in [6.07, 6.45) is 11.4. The first kappa shape index (κ1) is 25.3. The summed E-state index contributed by atoms with van der Waals surface area (Å²) in [5.41, 5.74) is 5.50. The largest absolute Gasteiger partial charge is 0.206 e. The van der Waals surface area contributed by atoms with Crippen LogP contribution in [0.25, 0.3) is 0 Å². The zero-order chi connectivity index (χ0) is 24.0. The van der Waals surface area contributed by atoms with Crippen LogP contribution in [0.15, 0.2) is 66.7 Å². The molecule has 1 heteroatoms. The first-order chi connectivity index (χ1) is 16.7. The lowest BCUT2D eigenvalue weighted by Crippen LogP contribution is -1.88. The zero-order valence-electron chi connectivity index (χ0n) is 20.6. The van der Waals surface area contributed by atoms with Crippen molar-refractivity contribution in [2.24, 2.45) is 0 Å². The standard InChI is InChI=1S/C33H35F/c1-3-5-6-7-8-9-10-11-28-16-18-30(19-17-28)22-24-32-25-23-31(26-33(32)34)21-20-29-14-12-27(4-2)13-15-29/h12-19,23,25-26H,3-11H2,1-2H3. The Morgan fingerprint density at radius 2 is 1.09 bits per heavy atom. The SMILES string of the molecule is CCCCCCCCCc1ccc(C#Cc2ccc(C#Cc3ccc(CC)cc3)cc2F)cc1. The third-order valence-electron chi connectivity index (χ3n) is 6.05. The number of halogens is 1. The molecular weight excluding hydrogens is 415 g/mol. The predicted octanol–water partition coefficient (Wildman–Crippen LogP) is 8.48. The van der Waals surface area contributed by atoms with Gasteiger partial charge >= 0.3 is 0 Å². The van der Waals surface area contributed by atoms with E-state index in [1.54, 1.807) is 6.07 Å². The molecule has 3 aromatic rings. The van der Waals surface area contributed by atoms with Crippen LogP contribution in [0.5, 0.6) is 0 Å². The van der Waals surface area contributed by atoms with Crippen molar-refractivity contribution in [1.29, 1.82) is 0 Å². The molecule has 0 aromatic heterocycles. The van der Waals surface area contributed by atoms with Gasteiger partial charge in [-0.25, -0.2) is 4.39 Å². The van der Waals surface area contributed by atoms with Gasteiger partial charge in [0.1, 0.15) is 5.82 Å². The highest BCUT2D eigenvalue weighted by Crippen LogP contribution is 2.13. The molecule has 0 heterocycles. The molecule has 0 spiro atoms. The quantitative estimate of drug-likeness (QED) is 0.226. The molecule has 0 aliphatic carbocycles. The van der Waals surface area contributed by atoms with Gasteiger partial charge in [-0.2, -0.15) is 0 Å². The Labute approximate surface area is 205 Å². The van der Waals surface area contributed by atoms with Crippen molar-refractivity contribution in [3.05, 3.63) is 106 Å². The molecule has 0 aliphatic rings. The Bertz CT molecular complexity index is 1150. The van der Waals surface area contributed by atoms with Crippen LogP contribution in [-0.4, -0.2) is 0 Å². The summed E-state index contributed by atoms with van der Waals surface area (Å²) in [5.74, 6) is 11.9. The van der Waals surface area contributed by atoms with Crippen LogP contribution >= 0.6 is 0 Å². The van der Waals surface area contributed by atoms with E-state index < -0.39 is 0 Å². The third-order valence-corrected chi connectivity index (χ3v) is 6.05. The van der Waals surface area contributed by atoms with Crippen LogP contribution in [0.1, 0.15) is 92.2 Å². The number of unbranched alkanes of at least 4 members (excludes halogenated alkanes) is 6. The molecule has 3 aromatic carbocycles. The fourth-order valence-corrected chi connectivity index (χ4v) is 3.84. The molecule has 0 saturated carbocycles. The number of hydrogen-bond donors (Lipinski definition) is 0. The molecule has 0 amide bonds. The lowest BCUT2D eigenvalue weighted by molar-refractivity contribution is 0.589. The number of benzene rings is 3. The molecule has 0 aliphatic heterocycles. The molecule has 0 unspecified atom stereocenters. The summed E-state index contributed by atoms with van der Waals surface area (Å²) in [7, 11) is 0. The predicted molar refractivity (Wildman–Crippen MR) is 142 cm³/mol. The maximum absolute atomic E-state index is 14.5. The first-order valence-corrected chi connectivity index (χ1v) is 12.7. The van der Waals surface area contributed by atoms with Crippen molar-refractivity contribution < 1.29 is 4.39 Å². The van der Waals surface area contributed by atoms with Crippen molar-refractivity contribution >= 4 is 0 Å². The summed E-state index contributed by atoms with van der Waals surface area (Å²) >= 11 is 0. The van der Waals surface area contributed by atoms with Crippen molar-refractivity contribution in [3.63, 3.8) is 0 Å². The van der Waals surface area contributed by atoms with Crippen LogP contribution < -0.4 is 0 Å². The van der Waals surface area contributed by atoms with Crippen LogP contribution in [0.2, 0.25) is 0 Å². The van der Waals surface area contributed by atoms with E-state index in [9.17, 15) is 4.39 Å². The van der Waals surface area contributed by atoms with E-state index in [0.29, 0.717) is 11.1 Å². The van der Waals surface area contributed by atoms with Gasteiger partial charge in [-0.3, -0.25) is 0 Å². The minimum atomic E-state index is -0.337. The maximum Gasteiger partial charge on any atom is 0.140 e. The minimum Gasteiger partial charge on any atom is -0.206 e. The third kappa shape index (κ3) is 8.57. The second-order valence-electron chi connectivity index (χ2n) is 8.81. The van der Waals surface area contributed by atoms with Crippen molar-refractivity contribution in [2.75, 3.05) is 0 Å². The summed E-state index contributed by atoms with van der Waals surface area (Å²) in [5, 5.41) is 0. The fraction of sp³-hybridized carbons (Fsp3) is 0.333. The number of hydrogen-bond acceptors (Lipinski definition) is 0. The summed E-state index contributed by atoms with van der Waals surface area (Å²) in [4.78, 5) is 0. The van der Waals surface area contributed by atoms with Gasteiger partial charge in [-0.15, -0.1) is 0 Å². The molecule has 0 radical (unpaired) electrons. The van der Waals surface area contributed by atoms with Crippen LogP contribution in [0.3, 0.4) is 0 Å². The van der Waals surface area contributed by atoms with Crippen molar-refractivity contribution in [1.82, 2.24) is 0 Å². The second kappa shape index (κ2) is 14.1. The van der Waals surface area contributed by atoms with E-state index in [0.717, 1.165) is 24.0 Å². The second-order valence-corrected chi connectivity index (χ2v) is 8.81. The molecule has 0 atom stereocenters. The molecule has 3 rings (SSSR count). The topological polar surface area (TPSA) is 0 Å². The molecular formula is C33H35F. The van der Waals surface area contributed by atoms with Gasteiger partial charge in [-0.1, -0.05) is 100 Å². The Balaban J connectivity index is 1.53. The monoisotopic (exact) mass is 450 g/mol. The smallest absolute Gasteiger partial charge is 0.140 e. The molecule has 0 nitrogen and oxygen atoms in total. The van der Waals surface area contributed by atoms with Crippen molar-refractivity contribution in [3.8, 4) is 23.7 Å². The van der Waals surface area contributed by atoms with Crippen LogP contribution in [0, 0.1) is 29.5 Å². The van der Waals surface area contributed by atoms with Gasteiger partial charge in [0.15, 0.2) is 0 Å². The highest BCUT2D eigenvalue weighted by molar-refractivity contribution is 5.49. The first-order valence-electron chi connectivity index (χ1n) is 12.7. The van der Waals surface area contributed by atoms with E-state index in [2.05, 4.69) is 61.8 Å². The summed E-state index contributed by atoms with van der Waals surface area (Å²) in [6, 6.07) is 21.5. The van der Waals surface area contributed by atoms with Gasteiger partial charge < -0.3 is 0 Å². The molecule has 0 fully saturated rings. The van der Waals surface area contributed by atoms with E-state index in [4.69, 9.17) is 0 Å². The molecule has 34 heavy (non-hydrogen) atoms. The summed E-state index contributed by atoms with van der Waals surface area (Å²) in [6.45, 7) is 4.38. The maximum atomic E-state index is 14.5. The summed E-state index contributed by atoms with van der Waals surface area (Å²) < 4.78 is 14.5. The number of aryl methyl sites for hydroxylation is 2. The zero-order valence-corrected chi connectivity index (χ0v) is 20.6. The van der Waals surface area contributed by atoms with Gasteiger partial charge in [-0.05, 0) is 72.9 Å². The van der Waals surface area contributed by atoms with Gasteiger partial charge in [0.05, 0.1) is 5.56 Å². The molecule has 0 bridgehead atoms. The van der Waals surface area contributed by atoms with Gasteiger partial charge in [0.2, 0.25) is 0 Å².